The van der Waals surface area contributed by atoms with Gasteiger partial charge in [0.05, 0.1) is 24.3 Å². The van der Waals surface area contributed by atoms with Crippen LogP contribution in [-0.2, 0) is 6.18 Å². The van der Waals surface area contributed by atoms with Crippen LogP contribution in [0.25, 0.3) is 0 Å². The minimum atomic E-state index is -4.41. The van der Waals surface area contributed by atoms with E-state index in [1.807, 2.05) is 6.92 Å². The van der Waals surface area contributed by atoms with Crippen LogP contribution in [0.5, 0.6) is 5.75 Å². The third-order valence-corrected chi connectivity index (χ3v) is 3.19. The van der Waals surface area contributed by atoms with Crippen LogP contribution in [0.2, 0.25) is 0 Å². The van der Waals surface area contributed by atoms with Crippen LogP contribution < -0.4 is 10.1 Å². The van der Waals surface area contributed by atoms with Gasteiger partial charge in [-0.25, -0.2) is 0 Å². The summed E-state index contributed by atoms with van der Waals surface area (Å²) in [6, 6.07) is 11.5. The Morgan fingerprint density at radius 1 is 1.16 bits per heavy atom. The van der Waals surface area contributed by atoms with Crippen LogP contribution in [0.1, 0.15) is 28.4 Å². The number of ether oxygens (including phenoxy) is 1. The smallest absolute Gasteiger partial charge is 0.416 e. The second-order valence-corrected chi connectivity index (χ2v) is 4.99. The Bertz CT molecular complexity index is 804. The first-order chi connectivity index (χ1) is 11.9. The predicted octanol–water partition coefficient (Wildman–Crippen LogP) is 3.89. The number of rotatable bonds is 4. The molecule has 0 aliphatic rings. The SMILES string of the molecule is CCOc1ccccc1C(=O)NCC#Cc1cccc(C(F)(F)F)c1. The summed E-state index contributed by atoms with van der Waals surface area (Å²) < 4.78 is 43.3. The van der Waals surface area contributed by atoms with Gasteiger partial charge in [-0.1, -0.05) is 30.0 Å². The van der Waals surface area contributed by atoms with Gasteiger partial charge in [0.25, 0.3) is 5.91 Å². The van der Waals surface area contributed by atoms with E-state index in [2.05, 4.69) is 17.2 Å². The molecule has 3 nitrogen and oxygen atoms in total. The van der Waals surface area contributed by atoms with E-state index in [4.69, 9.17) is 4.74 Å². The first-order valence-electron chi connectivity index (χ1n) is 7.58. The molecule has 130 valence electrons. The van der Waals surface area contributed by atoms with Crippen molar-refractivity contribution in [1.29, 1.82) is 0 Å². The van der Waals surface area contributed by atoms with E-state index in [1.54, 1.807) is 24.3 Å². The zero-order valence-corrected chi connectivity index (χ0v) is 13.5. The van der Waals surface area contributed by atoms with E-state index in [1.165, 1.54) is 12.1 Å². The Morgan fingerprint density at radius 3 is 2.64 bits per heavy atom. The topological polar surface area (TPSA) is 38.3 Å². The fourth-order valence-electron chi connectivity index (χ4n) is 2.07. The Morgan fingerprint density at radius 2 is 1.92 bits per heavy atom. The van der Waals surface area contributed by atoms with Gasteiger partial charge in [0.15, 0.2) is 0 Å². The number of nitrogens with one attached hydrogen (secondary N) is 1. The van der Waals surface area contributed by atoms with Crippen LogP contribution in [0.4, 0.5) is 13.2 Å². The van der Waals surface area contributed by atoms with Gasteiger partial charge < -0.3 is 10.1 Å². The van der Waals surface area contributed by atoms with Gasteiger partial charge in [0.1, 0.15) is 5.75 Å². The van der Waals surface area contributed by atoms with Crippen molar-refractivity contribution in [2.24, 2.45) is 0 Å². The first kappa shape index (κ1) is 18.4. The van der Waals surface area contributed by atoms with Crippen molar-refractivity contribution in [2.45, 2.75) is 13.1 Å². The number of alkyl halides is 3. The Labute approximate surface area is 143 Å². The van der Waals surface area contributed by atoms with E-state index in [0.29, 0.717) is 17.9 Å². The molecule has 2 aromatic carbocycles. The number of hydrogen-bond acceptors (Lipinski definition) is 2. The summed E-state index contributed by atoms with van der Waals surface area (Å²) in [6.45, 7) is 2.25. The first-order valence-corrected chi connectivity index (χ1v) is 7.58. The molecule has 1 N–H and O–H groups in total. The number of halogens is 3. The highest BCUT2D eigenvalue weighted by atomic mass is 19.4. The van der Waals surface area contributed by atoms with Crippen molar-refractivity contribution >= 4 is 5.91 Å². The molecule has 0 bridgehead atoms. The van der Waals surface area contributed by atoms with Crippen LogP contribution in [0.3, 0.4) is 0 Å². The monoisotopic (exact) mass is 347 g/mol. The van der Waals surface area contributed by atoms with E-state index in [0.717, 1.165) is 12.1 Å². The predicted molar refractivity (Wildman–Crippen MR) is 88.3 cm³/mol. The normalized spacial score (nSPS) is 10.6. The highest BCUT2D eigenvalue weighted by Gasteiger charge is 2.30. The number of amides is 1. The lowest BCUT2D eigenvalue weighted by atomic mass is 10.1. The number of carbonyl (C=O) groups is 1. The number of para-hydroxylation sites is 1. The molecule has 1 amide bonds. The molecular weight excluding hydrogens is 331 g/mol. The lowest BCUT2D eigenvalue weighted by molar-refractivity contribution is -0.137. The van der Waals surface area contributed by atoms with Crippen molar-refractivity contribution in [1.82, 2.24) is 5.32 Å². The highest BCUT2D eigenvalue weighted by Crippen LogP contribution is 2.29. The molecule has 2 aromatic rings. The molecule has 0 aliphatic heterocycles. The standard InChI is InChI=1S/C19H16F3NO2/c1-2-25-17-11-4-3-10-16(17)18(24)23-12-6-8-14-7-5-9-15(13-14)19(20,21)22/h3-5,7,9-11,13H,2,12H2,1H3,(H,23,24). The summed E-state index contributed by atoms with van der Waals surface area (Å²) in [4.78, 5) is 12.1. The minimum absolute atomic E-state index is 0.00946. The van der Waals surface area contributed by atoms with E-state index < -0.39 is 11.7 Å². The summed E-state index contributed by atoms with van der Waals surface area (Å²) in [5, 5.41) is 2.60. The summed E-state index contributed by atoms with van der Waals surface area (Å²) in [7, 11) is 0. The fraction of sp³-hybridized carbons (Fsp3) is 0.211. The molecular formula is C19H16F3NO2. The number of benzene rings is 2. The molecule has 0 aliphatic carbocycles. The third-order valence-electron chi connectivity index (χ3n) is 3.19. The van der Waals surface area contributed by atoms with Crippen molar-refractivity contribution in [3.8, 4) is 17.6 Å². The lowest BCUT2D eigenvalue weighted by Gasteiger charge is -2.08. The summed E-state index contributed by atoms with van der Waals surface area (Å²) in [5.41, 5.74) is -0.141. The van der Waals surface area contributed by atoms with Crippen LogP contribution in [0, 0.1) is 11.8 Å². The van der Waals surface area contributed by atoms with E-state index in [9.17, 15) is 18.0 Å². The molecule has 0 radical (unpaired) electrons. The fourth-order valence-corrected chi connectivity index (χ4v) is 2.07. The second kappa shape index (κ2) is 8.25. The number of carbonyl (C=O) groups excluding carboxylic acids is 1. The molecule has 0 atom stereocenters. The Balaban J connectivity index is 2.00. The zero-order valence-electron chi connectivity index (χ0n) is 13.5. The average Bonchev–Trinajstić information content (AvgIpc) is 2.59. The van der Waals surface area contributed by atoms with Crippen molar-refractivity contribution in [3.63, 3.8) is 0 Å². The molecule has 0 spiro atoms. The summed E-state index contributed by atoms with van der Waals surface area (Å²) >= 11 is 0. The maximum absolute atomic E-state index is 12.6. The molecule has 2 rings (SSSR count). The quantitative estimate of drug-likeness (QED) is 0.853. The van der Waals surface area contributed by atoms with Gasteiger partial charge in [-0.3, -0.25) is 4.79 Å². The van der Waals surface area contributed by atoms with E-state index >= 15 is 0 Å². The maximum Gasteiger partial charge on any atom is 0.416 e. The van der Waals surface area contributed by atoms with Gasteiger partial charge in [-0.15, -0.1) is 0 Å². The van der Waals surface area contributed by atoms with Gasteiger partial charge in [-0.2, -0.15) is 13.2 Å². The molecule has 6 heteroatoms. The molecule has 0 unspecified atom stereocenters. The second-order valence-electron chi connectivity index (χ2n) is 4.99. The van der Waals surface area contributed by atoms with Crippen molar-refractivity contribution in [2.75, 3.05) is 13.2 Å². The molecule has 0 fully saturated rings. The van der Waals surface area contributed by atoms with Crippen LogP contribution in [0.15, 0.2) is 48.5 Å². The third kappa shape index (κ3) is 5.28. The summed E-state index contributed by atoms with van der Waals surface area (Å²) in [6.07, 6.45) is -4.41. The molecule has 0 aromatic heterocycles. The van der Waals surface area contributed by atoms with Gasteiger partial charge in [0, 0.05) is 5.56 Å². The number of hydrogen-bond donors (Lipinski definition) is 1. The molecule has 0 saturated heterocycles. The summed E-state index contributed by atoms with van der Waals surface area (Å²) in [5.74, 6) is 5.36. The highest BCUT2D eigenvalue weighted by molar-refractivity contribution is 5.97. The van der Waals surface area contributed by atoms with Crippen molar-refractivity contribution in [3.05, 3.63) is 65.2 Å². The Hall–Kier alpha value is -2.94. The van der Waals surface area contributed by atoms with Crippen LogP contribution >= 0.6 is 0 Å². The van der Waals surface area contributed by atoms with Gasteiger partial charge >= 0.3 is 6.18 Å². The average molecular weight is 347 g/mol. The van der Waals surface area contributed by atoms with Gasteiger partial charge in [-0.05, 0) is 37.3 Å². The maximum atomic E-state index is 12.6. The largest absolute Gasteiger partial charge is 0.493 e. The van der Waals surface area contributed by atoms with Gasteiger partial charge in [0.2, 0.25) is 0 Å². The lowest BCUT2D eigenvalue weighted by Crippen LogP contribution is -2.24. The van der Waals surface area contributed by atoms with Crippen molar-refractivity contribution < 1.29 is 22.7 Å². The van der Waals surface area contributed by atoms with E-state index in [-0.39, 0.29) is 18.0 Å². The molecule has 0 saturated carbocycles. The van der Waals surface area contributed by atoms with Crippen LogP contribution in [-0.4, -0.2) is 19.1 Å². The minimum Gasteiger partial charge on any atom is -0.493 e. The molecule has 25 heavy (non-hydrogen) atoms. The zero-order chi connectivity index (χ0) is 18.3. The molecule has 0 heterocycles. The Kier molecular flexibility index (Phi) is 6.07.